The third-order valence-electron chi connectivity index (χ3n) is 3.95. The van der Waals surface area contributed by atoms with Crippen LogP contribution in [0.15, 0.2) is 6.20 Å². The largest absolute Gasteiger partial charge is 0.378 e. The molecule has 0 spiro atoms. The summed E-state index contributed by atoms with van der Waals surface area (Å²) in [6.07, 6.45) is 3.06. The first-order chi connectivity index (χ1) is 10.5. The van der Waals surface area contributed by atoms with E-state index in [9.17, 15) is 10.1 Å². The lowest BCUT2D eigenvalue weighted by molar-refractivity contribution is -0.384. The fourth-order valence-electron chi connectivity index (χ4n) is 2.68. The Balaban J connectivity index is 1.93. The van der Waals surface area contributed by atoms with Gasteiger partial charge in [0.15, 0.2) is 0 Å². The van der Waals surface area contributed by atoms with Gasteiger partial charge in [-0.05, 0) is 26.7 Å². The first-order valence-corrected chi connectivity index (χ1v) is 7.04. The van der Waals surface area contributed by atoms with Crippen LogP contribution in [0, 0.1) is 24.0 Å². The molecule has 3 rings (SSSR count). The van der Waals surface area contributed by atoms with Gasteiger partial charge in [-0.3, -0.25) is 10.1 Å². The monoisotopic (exact) mass is 303 g/mol. The normalized spacial score (nSPS) is 17.9. The van der Waals surface area contributed by atoms with E-state index in [1.54, 1.807) is 0 Å². The fourth-order valence-corrected chi connectivity index (χ4v) is 2.68. The van der Waals surface area contributed by atoms with Crippen LogP contribution < -0.4 is 10.6 Å². The second-order valence-corrected chi connectivity index (χ2v) is 5.38. The van der Waals surface area contributed by atoms with E-state index in [1.165, 1.54) is 0 Å². The summed E-state index contributed by atoms with van der Waals surface area (Å²) >= 11 is 0. The molecule has 0 bridgehead atoms. The Kier molecular flexibility index (Phi) is 3.39. The predicted octanol–water partition coefficient (Wildman–Crippen LogP) is 1.65. The molecular formula is C13H17N7O2. The van der Waals surface area contributed by atoms with Gasteiger partial charge in [-0.15, -0.1) is 0 Å². The quantitative estimate of drug-likeness (QED) is 0.651. The van der Waals surface area contributed by atoms with Gasteiger partial charge in [-0.2, -0.15) is 4.98 Å². The Morgan fingerprint density at radius 3 is 2.82 bits per heavy atom. The van der Waals surface area contributed by atoms with Crippen LogP contribution in [-0.4, -0.2) is 31.4 Å². The molecule has 1 atom stereocenters. The number of nitrogens with two attached hydrogens (primary N) is 1. The third-order valence-corrected chi connectivity index (χ3v) is 3.95. The number of anilines is 2. The molecular weight excluding hydrogens is 286 g/mol. The number of aryl methyl sites for hydroxylation is 2. The number of aromatic nitrogens is 4. The van der Waals surface area contributed by atoms with Crippen molar-refractivity contribution in [2.75, 3.05) is 17.2 Å². The van der Waals surface area contributed by atoms with Gasteiger partial charge in [0, 0.05) is 12.2 Å². The number of nitrogens with one attached hydrogen (secondary N) is 1. The van der Waals surface area contributed by atoms with Gasteiger partial charge in [-0.25, -0.2) is 9.97 Å². The van der Waals surface area contributed by atoms with E-state index in [0.29, 0.717) is 5.95 Å². The summed E-state index contributed by atoms with van der Waals surface area (Å²) in [4.78, 5) is 28.2. The molecule has 0 saturated carbocycles. The number of aromatic amines is 1. The van der Waals surface area contributed by atoms with E-state index >= 15 is 0 Å². The van der Waals surface area contributed by atoms with Gasteiger partial charge in [-0.1, -0.05) is 0 Å². The maximum absolute atomic E-state index is 10.8. The zero-order valence-corrected chi connectivity index (χ0v) is 12.4. The fraction of sp³-hybridized carbons (Fsp3) is 0.462. The molecule has 1 aliphatic heterocycles. The molecule has 2 aromatic rings. The van der Waals surface area contributed by atoms with Crippen LogP contribution in [0.5, 0.6) is 0 Å². The topological polar surface area (TPSA) is 127 Å². The van der Waals surface area contributed by atoms with Crippen LogP contribution in [0.2, 0.25) is 0 Å². The van der Waals surface area contributed by atoms with E-state index in [-0.39, 0.29) is 17.5 Å². The first-order valence-electron chi connectivity index (χ1n) is 7.04. The van der Waals surface area contributed by atoms with Crippen LogP contribution in [0.3, 0.4) is 0 Å². The zero-order valence-electron chi connectivity index (χ0n) is 12.4. The van der Waals surface area contributed by atoms with Crippen molar-refractivity contribution in [1.82, 2.24) is 19.9 Å². The highest BCUT2D eigenvalue weighted by molar-refractivity contribution is 5.54. The summed E-state index contributed by atoms with van der Waals surface area (Å²) in [7, 11) is 0. The predicted molar refractivity (Wildman–Crippen MR) is 80.5 cm³/mol. The number of hydrogen-bond donors (Lipinski definition) is 2. The molecule has 0 aromatic carbocycles. The molecule has 1 fully saturated rings. The minimum absolute atomic E-state index is 0.0354. The van der Waals surface area contributed by atoms with Gasteiger partial charge < -0.3 is 15.6 Å². The van der Waals surface area contributed by atoms with Crippen LogP contribution in [0.25, 0.3) is 0 Å². The van der Waals surface area contributed by atoms with E-state index < -0.39 is 4.92 Å². The van der Waals surface area contributed by atoms with Crippen molar-refractivity contribution >= 4 is 17.5 Å². The number of nitrogens with zero attached hydrogens (tertiary/aromatic N) is 5. The molecule has 9 nitrogen and oxygen atoms in total. The first kappa shape index (κ1) is 14.2. The maximum atomic E-state index is 10.8. The van der Waals surface area contributed by atoms with Crippen molar-refractivity contribution in [3.63, 3.8) is 0 Å². The van der Waals surface area contributed by atoms with Gasteiger partial charge >= 0.3 is 5.69 Å². The number of hydrogen-bond acceptors (Lipinski definition) is 7. The second-order valence-electron chi connectivity index (χ2n) is 5.38. The summed E-state index contributed by atoms with van der Waals surface area (Å²) in [5.41, 5.74) is 7.38. The lowest BCUT2D eigenvalue weighted by Gasteiger charge is -2.23. The molecule has 3 heterocycles. The van der Waals surface area contributed by atoms with Crippen molar-refractivity contribution in [3.8, 4) is 0 Å². The molecule has 1 unspecified atom stereocenters. The Bertz CT molecular complexity index is 708. The number of rotatable bonds is 3. The average molecular weight is 303 g/mol. The summed E-state index contributed by atoms with van der Waals surface area (Å²) in [5, 5.41) is 10.8. The lowest BCUT2D eigenvalue weighted by atomic mass is 10.2. The smallest absolute Gasteiger partial charge is 0.329 e. The van der Waals surface area contributed by atoms with Crippen LogP contribution in [0.1, 0.15) is 36.1 Å². The Morgan fingerprint density at radius 1 is 1.45 bits per heavy atom. The second kappa shape index (κ2) is 5.24. The maximum Gasteiger partial charge on any atom is 0.329 e. The summed E-state index contributed by atoms with van der Waals surface area (Å²) in [6.45, 7) is 4.70. The van der Waals surface area contributed by atoms with E-state index in [2.05, 4.69) is 19.9 Å². The van der Waals surface area contributed by atoms with E-state index in [4.69, 9.17) is 5.73 Å². The molecule has 116 valence electrons. The molecule has 0 radical (unpaired) electrons. The highest BCUT2D eigenvalue weighted by Crippen LogP contribution is 2.34. The zero-order chi connectivity index (χ0) is 15.9. The third kappa shape index (κ3) is 2.34. The van der Waals surface area contributed by atoms with Crippen LogP contribution >= 0.6 is 0 Å². The van der Waals surface area contributed by atoms with Crippen molar-refractivity contribution in [2.45, 2.75) is 32.7 Å². The number of nitro groups is 1. The number of imidazole rings is 1. The Morgan fingerprint density at radius 2 is 2.23 bits per heavy atom. The molecule has 1 saturated heterocycles. The summed E-state index contributed by atoms with van der Waals surface area (Å²) < 4.78 is 0. The summed E-state index contributed by atoms with van der Waals surface area (Å²) in [6, 6.07) is 0.0354. The molecule has 0 amide bonds. The van der Waals surface area contributed by atoms with Gasteiger partial charge in [0.2, 0.25) is 11.8 Å². The minimum Gasteiger partial charge on any atom is -0.378 e. The highest BCUT2D eigenvalue weighted by atomic mass is 16.6. The molecule has 3 N–H and O–H groups in total. The number of H-pyrrole nitrogens is 1. The molecule has 1 aliphatic rings. The van der Waals surface area contributed by atoms with Crippen molar-refractivity contribution in [3.05, 3.63) is 33.5 Å². The summed E-state index contributed by atoms with van der Waals surface area (Å²) in [5.74, 6) is 1.15. The molecule has 2 aromatic heterocycles. The highest BCUT2D eigenvalue weighted by Gasteiger charge is 2.31. The minimum atomic E-state index is -0.584. The lowest BCUT2D eigenvalue weighted by Crippen LogP contribution is -2.26. The molecule has 9 heteroatoms. The van der Waals surface area contributed by atoms with Gasteiger partial charge in [0.05, 0.1) is 16.7 Å². The van der Waals surface area contributed by atoms with Crippen LogP contribution in [0.4, 0.5) is 17.5 Å². The van der Waals surface area contributed by atoms with Crippen molar-refractivity contribution in [1.29, 1.82) is 0 Å². The van der Waals surface area contributed by atoms with Gasteiger partial charge in [0.25, 0.3) is 0 Å². The van der Waals surface area contributed by atoms with Crippen molar-refractivity contribution < 1.29 is 4.92 Å². The number of nitrogen functional groups attached to an aromatic ring is 1. The Hall–Kier alpha value is -2.71. The Labute approximate surface area is 126 Å². The van der Waals surface area contributed by atoms with Gasteiger partial charge in [0.1, 0.15) is 12.0 Å². The van der Waals surface area contributed by atoms with Crippen molar-refractivity contribution in [2.24, 2.45) is 0 Å². The molecule has 0 aliphatic carbocycles. The molecule has 22 heavy (non-hydrogen) atoms. The van der Waals surface area contributed by atoms with E-state index in [1.807, 2.05) is 18.7 Å². The SMILES string of the molecule is Cc1nc(C2CCCN2c2ncc([N+](=O)[O-])c(N)n2)[nH]c1C. The average Bonchev–Trinajstić information content (AvgIpc) is 3.06. The van der Waals surface area contributed by atoms with Crippen LogP contribution in [-0.2, 0) is 0 Å². The standard InChI is InChI=1S/C13H17N7O2/c1-7-8(2)17-12(16-7)9-4-3-5-19(9)13-15-6-10(20(21)22)11(14)18-13/h6,9H,3-5H2,1-2H3,(H,16,17)(H2,14,15,18). The van der Waals surface area contributed by atoms with E-state index in [0.717, 1.165) is 42.8 Å².